The Hall–Kier alpha value is -3.13. The van der Waals surface area contributed by atoms with Crippen LogP contribution in [0.25, 0.3) is 16.7 Å². The van der Waals surface area contributed by atoms with Gasteiger partial charge in [0, 0.05) is 49.1 Å². The fourth-order valence-electron chi connectivity index (χ4n) is 4.09. The summed E-state index contributed by atoms with van der Waals surface area (Å²) in [6.45, 7) is 11.7. The minimum atomic E-state index is -0.269. The molecule has 2 aromatic heterocycles. The van der Waals surface area contributed by atoms with Gasteiger partial charge in [0.25, 0.3) is 5.56 Å². The van der Waals surface area contributed by atoms with Crippen LogP contribution < -0.4 is 5.56 Å². The molecule has 170 valence electrons. The van der Waals surface area contributed by atoms with Crippen LogP contribution in [0.4, 0.5) is 4.79 Å². The van der Waals surface area contributed by atoms with Crippen molar-refractivity contribution in [2.45, 2.75) is 39.7 Å². The van der Waals surface area contributed by atoms with Crippen molar-refractivity contribution in [3.8, 4) is 5.69 Å². The zero-order valence-electron chi connectivity index (χ0n) is 19.2. The molecule has 0 atom stereocenters. The fraction of sp³-hybridized carbons (Fsp3) is 0.458. The number of piperazine rings is 1. The number of amides is 1. The molecule has 8 nitrogen and oxygen atoms in total. The van der Waals surface area contributed by atoms with Crippen molar-refractivity contribution < 1.29 is 9.53 Å². The van der Waals surface area contributed by atoms with Crippen molar-refractivity contribution >= 4 is 17.1 Å². The monoisotopic (exact) mass is 437 g/mol. The second kappa shape index (κ2) is 8.78. The second-order valence-corrected chi connectivity index (χ2v) is 9.19. The largest absolute Gasteiger partial charge is 0.450 e. The lowest BCUT2D eigenvalue weighted by Crippen LogP contribution is -2.48. The number of hydrogen-bond acceptors (Lipinski definition) is 5. The van der Waals surface area contributed by atoms with Crippen molar-refractivity contribution in [2.75, 3.05) is 32.8 Å². The Balaban J connectivity index is 1.64. The third-order valence-electron chi connectivity index (χ3n) is 5.77. The summed E-state index contributed by atoms with van der Waals surface area (Å²) in [6.07, 6.45) is -0.269. The highest BCUT2D eigenvalue weighted by molar-refractivity contribution is 5.81. The first-order chi connectivity index (χ1) is 15.3. The number of fused-ring (bicyclic) bond motifs is 1. The molecule has 0 saturated carbocycles. The molecule has 1 amide bonds. The van der Waals surface area contributed by atoms with Gasteiger partial charge in [0.05, 0.1) is 18.0 Å². The highest BCUT2D eigenvalue weighted by atomic mass is 16.6. The van der Waals surface area contributed by atoms with Crippen molar-refractivity contribution in [3.63, 3.8) is 0 Å². The molecule has 4 rings (SSSR count). The van der Waals surface area contributed by atoms with Gasteiger partial charge in [0.15, 0.2) is 0 Å². The maximum absolute atomic E-state index is 13.0. The van der Waals surface area contributed by atoms with Gasteiger partial charge in [0.2, 0.25) is 0 Å². The predicted octanol–water partition coefficient (Wildman–Crippen LogP) is 3.29. The quantitative estimate of drug-likeness (QED) is 0.677. The van der Waals surface area contributed by atoms with Crippen LogP contribution in [0.2, 0.25) is 0 Å². The van der Waals surface area contributed by atoms with Crippen LogP contribution in [-0.2, 0) is 16.7 Å². The highest BCUT2D eigenvalue weighted by Crippen LogP contribution is 2.30. The van der Waals surface area contributed by atoms with Crippen LogP contribution in [0.15, 0.2) is 41.2 Å². The van der Waals surface area contributed by atoms with Gasteiger partial charge in [-0.15, -0.1) is 0 Å². The highest BCUT2D eigenvalue weighted by Gasteiger charge is 2.26. The number of carbonyl (C=O) groups is 1. The summed E-state index contributed by atoms with van der Waals surface area (Å²) < 4.78 is 6.91. The number of H-pyrrole nitrogens is 1. The Morgan fingerprint density at radius 1 is 1.12 bits per heavy atom. The zero-order chi connectivity index (χ0) is 22.9. The molecular formula is C24H31N5O3. The van der Waals surface area contributed by atoms with Crippen LogP contribution in [-0.4, -0.2) is 63.4 Å². The maximum atomic E-state index is 13.0. The average Bonchev–Trinajstić information content (AvgIpc) is 3.14. The number of nitrogens with zero attached hydrogens (tertiary/aromatic N) is 4. The Bertz CT molecular complexity index is 1150. The van der Waals surface area contributed by atoms with E-state index in [1.807, 2.05) is 48.0 Å². The zero-order valence-corrected chi connectivity index (χ0v) is 19.2. The summed E-state index contributed by atoms with van der Waals surface area (Å²) in [7, 11) is 0. The molecule has 0 bridgehead atoms. The van der Waals surface area contributed by atoms with Crippen LogP contribution in [0.3, 0.4) is 0 Å². The van der Waals surface area contributed by atoms with E-state index >= 15 is 0 Å². The van der Waals surface area contributed by atoms with Crippen LogP contribution in [0.5, 0.6) is 0 Å². The van der Waals surface area contributed by atoms with E-state index in [-0.39, 0.29) is 17.1 Å². The molecule has 1 aliphatic rings. The summed E-state index contributed by atoms with van der Waals surface area (Å²) in [4.78, 5) is 31.9. The Morgan fingerprint density at radius 2 is 1.81 bits per heavy atom. The van der Waals surface area contributed by atoms with E-state index in [1.54, 1.807) is 4.90 Å². The lowest BCUT2D eigenvalue weighted by molar-refractivity contribution is 0.0777. The first-order valence-corrected chi connectivity index (χ1v) is 11.1. The molecule has 0 spiro atoms. The van der Waals surface area contributed by atoms with Crippen molar-refractivity contribution in [1.29, 1.82) is 0 Å². The molecule has 3 heterocycles. The molecule has 32 heavy (non-hydrogen) atoms. The Labute approximate surface area is 187 Å². The summed E-state index contributed by atoms with van der Waals surface area (Å²) in [5.74, 6) is 0. The van der Waals surface area contributed by atoms with Gasteiger partial charge in [-0.25, -0.2) is 9.48 Å². The van der Waals surface area contributed by atoms with Crippen molar-refractivity contribution in [3.05, 3.63) is 58.0 Å². The number of aromatic amines is 1. The molecule has 1 N–H and O–H groups in total. The third kappa shape index (κ3) is 4.41. The van der Waals surface area contributed by atoms with Crippen molar-refractivity contribution in [1.82, 2.24) is 24.6 Å². The van der Waals surface area contributed by atoms with Gasteiger partial charge in [0.1, 0.15) is 5.65 Å². The number of aromatic nitrogens is 3. The van der Waals surface area contributed by atoms with E-state index in [4.69, 9.17) is 9.84 Å². The van der Waals surface area contributed by atoms with Gasteiger partial charge in [-0.1, -0.05) is 39.0 Å². The molecule has 0 unspecified atom stereocenters. The topological polar surface area (TPSA) is 83.5 Å². The lowest BCUT2D eigenvalue weighted by Gasteiger charge is -2.33. The van der Waals surface area contributed by atoms with E-state index < -0.39 is 0 Å². The van der Waals surface area contributed by atoms with Gasteiger partial charge < -0.3 is 14.6 Å². The number of pyridine rings is 1. The minimum absolute atomic E-state index is 0.108. The van der Waals surface area contributed by atoms with E-state index in [2.05, 4.69) is 30.7 Å². The van der Waals surface area contributed by atoms with Crippen molar-refractivity contribution in [2.24, 2.45) is 0 Å². The normalized spacial score (nSPS) is 15.3. The van der Waals surface area contributed by atoms with Gasteiger partial charge >= 0.3 is 6.09 Å². The first-order valence-electron chi connectivity index (χ1n) is 11.1. The first kappa shape index (κ1) is 22.1. The molecule has 1 aromatic carbocycles. The summed E-state index contributed by atoms with van der Waals surface area (Å²) >= 11 is 0. The summed E-state index contributed by atoms with van der Waals surface area (Å²) in [5.41, 5.74) is 2.98. The number of para-hydroxylation sites is 1. The number of nitrogens with one attached hydrogen (secondary N) is 1. The summed E-state index contributed by atoms with van der Waals surface area (Å²) in [6, 6.07) is 11.8. The Morgan fingerprint density at radius 3 is 2.44 bits per heavy atom. The van der Waals surface area contributed by atoms with E-state index in [9.17, 15) is 9.59 Å². The molecule has 1 aliphatic heterocycles. The standard InChI is InChI=1S/C24H31N5O3/c1-5-32-23(31)28-13-11-27(12-14-28)16-17-15-19-20(24(2,3)4)26-29(21(19)25-22(17)30)18-9-7-6-8-10-18/h6-10,15H,5,11-14,16H2,1-4H3,(H,25,30). The van der Waals surface area contributed by atoms with Crippen LogP contribution in [0, 0.1) is 0 Å². The van der Waals surface area contributed by atoms with E-state index in [0.29, 0.717) is 50.5 Å². The fourth-order valence-corrected chi connectivity index (χ4v) is 4.09. The number of carbonyl (C=O) groups excluding carboxylic acids is 1. The average molecular weight is 438 g/mol. The Kier molecular flexibility index (Phi) is 6.06. The molecule has 1 fully saturated rings. The molecule has 0 radical (unpaired) electrons. The number of rotatable bonds is 4. The summed E-state index contributed by atoms with van der Waals surface area (Å²) in [5, 5.41) is 5.84. The smallest absolute Gasteiger partial charge is 0.409 e. The molecule has 1 saturated heterocycles. The third-order valence-corrected chi connectivity index (χ3v) is 5.77. The van der Waals surface area contributed by atoms with Crippen LogP contribution in [0.1, 0.15) is 39.0 Å². The van der Waals surface area contributed by atoms with Gasteiger partial charge in [-0.2, -0.15) is 5.10 Å². The lowest BCUT2D eigenvalue weighted by atomic mass is 9.90. The SMILES string of the molecule is CCOC(=O)N1CCN(Cc2cc3c(C(C)(C)C)nn(-c4ccccc4)c3[nH]c2=O)CC1. The molecule has 3 aromatic rings. The van der Waals surface area contributed by atoms with Crippen LogP contribution >= 0.6 is 0 Å². The molecular weight excluding hydrogens is 406 g/mol. The van der Waals surface area contributed by atoms with Gasteiger partial charge in [-0.05, 0) is 25.1 Å². The van der Waals surface area contributed by atoms with E-state index in [1.165, 1.54) is 0 Å². The number of ether oxygens (including phenoxy) is 1. The molecule has 8 heteroatoms. The number of benzene rings is 1. The van der Waals surface area contributed by atoms with E-state index in [0.717, 1.165) is 16.8 Å². The maximum Gasteiger partial charge on any atom is 0.409 e. The molecule has 0 aliphatic carbocycles. The second-order valence-electron chi connectivity index (χ2n) is 9.19. The van der Waals surface area contributed by atoms with Gasteiger partial charge in [-0.3, -0.25) is 9.69 Å². The number of hydrogen-bond donors (Lipinski definition) is 1. The predicted molar refractivity (Wildman–Crippen MR) is 124 cm³/mol. The minimum Gasteiger partial charge on any atom is -0.450 e.